The molecule has 0 bridgehead atoms. The minimum absolute atomic E-state index is 0.0430. The summed E-state index contributed by atoms with van der Waals surface area (Å²) in [5, 5.41) is 5.11. The molecule has 1 atom stereocenters. The molecule has 32 heavy (non-hydrogen) atoms. The number of nitrogens with zero attached hydrogens (tertiary/aromatic N) is 2. The Morgan fingerprint density at radius 1 is 1.06 bits per heavy atom. The van der Waals surface area contributed by atoms with Gasteiger partial charge in [-0.3, -0.25) is 15.1 Å². The number of carbonyl (C=O) groups excluding carboxylic acids is 2. The lowest BCUT2D eigenvalue weighted by Gasteiger charge is -2.31. The Bertz CT molecular complexity index is 901. The van der Waals surface area contributed by atoms with Gasteiger partial charge in [-0.15, -0.1) is 0 Å². The maximum absolute atomic E-state index is 13.1. The van der Waals surface area contributed by atoms with E-state index in [1.807, 2.05) is 35.3 Å². The van der Waals surface area contributed by atoms with Gasteiger partial charge < -0.3 is 10.1 Å². The van der Waals surface area contributed by atoms with Crippen molar-refractivity contribution in [1.29, 1.82) is 0 Å². The fraction of sp³-hybridized carbons (Fsp3) is 0.417. The van der Waals surface area contributed by atoms with E-state index in [-0.39, 0.29) is 23.6 Å². The Kier molecular flexibility index (Phi) is 7.47. The summed E-state index contributed by atoms with van der Waals surface area (Å²) in [4.78, 5) is 27.0. The first-order chi connectivity index (χ1) is 15.6. The highest BCUT2D eigenvalue weighted by Gasteiger charge is 2.28. The van der Waals surface area contributed by atoms with Gasteiger partial charge in [0, 0.05) is 24.6 Å². The molecule has 0 saturated carbocycles. The molecule has 0 radical (unpaired) electrons. The van der Waals surface area contributed by atoms with Crippen LogP contribution in [0.1, 0.15) is 34.8 Å². The number of Topliss-reactive ketones (excluding diaryl/α,β-unsaturated/α-hetero) is 1. The number of hydrogen-bond donors (Lipinski definition) is 2. The van der Waals surface area contributed by atoms with Crippen molar-refractivity contribution < 1.29 is 18.7 Å². The Labute approximate surface area is 187 Å². The van der Waals surface area contributed by atoms with Crippen LogP contribution in [0.4, 0.5) is 9.18 Å². The molecule has 2 fully saturated rings. The first-order valence-electron chi connectivity index (χ1n) is 11.1. The minimum atomic E-state index is -0.462. The summed E-state index contributed by atoms with van der Waals surface area (Å²) in [6, 6.07) is 15.9. The summed E-state index contributed by atoms with van der Waals surface area (Å²) < 4.78 is 18.4. The van der Waals surface area contributed by atoms with Crippen LogP contribution in [-0.2, 0) is 4.74 Å². The molecule has 0 aliphatic carbocycles. The Morgan fingerprint density at radius 2 is 1.78 bits per heavy atom. The van der Waals surface area contributed by atoms with Crippen LogP contribution in [-0.4, -0.2) is 61.2 Å². The molecule has 2 heterocycles. The predicted molar refractivity (Wildman–Crippen MR) is 118 cm³/mol. The number of ether oxygens (including phenoxy) is 1. The standard InChI is InChI=1S/C24H29FN4O3/c25-21-8-6-19(7-9-21)23(30)20-10-12-28(13-11-20)14-15-32-24(31)27-29-17-26-16-22(29)18-4-2-1-3-5-18/h1-9,20,22,26H,10-17H2,(H,27,31). The van der Waals surface area contributed by atoms with Crippen LogP contribution in [0, 0.1) is 11.7 Å². The van der Waals surface area contributed by atoms with Gasteiger partial charge in [0.15, 0.2) is 5.78 Å². The quantitative estimate of drug-likeness (QED) is 0.645. The molecule has 2 aromatic carbocycles. The first-order valence-corrected chi connectivity index (χ1v) is 11.1. The fourth-order valence-electron chi connectivity index (χ4n) is 4.32. The van der Waals surface area contributed by atoms with E-state index in [4.69, 9.17) is 4.74 Å². The van der Waals surface area contributed by atoms with Crippen LogP contribution in [0.3, 0.4) is 0 Å². The highest BCUT2D eigenvalue weighted by molar-refractivity contribution is 5.97. The largest absolute Gasteiger partial charge is 0.447 e. The van der Waals surface area contributed by atoms with Crippen LogP contribution in [0.25, 0.3) is 0 Å². The molecule has 1 unspecified atom stereocenters. The second kappa shape index (κ2) is 10.7. The second-order valence-electron chi connectivity index (χ2n) is 8.24. The number of benzene rings is 2. The zero-order chi connectivity index (χ0) is 22.3. The molecule has 0 spiro atoms. The van der Waals surface area contributed by atoms with Crippen LogP contribution < -0.4 is 10.7 Å². The molecule has 170 valence electrons. The maximum Gasteiger partial charge on any atom is 0.421 e. The summed E-state index contributed by atoms with van der Waals surface area (Å²) in [5.41, 5.74) is 4.53. The number of ketones is 1. The van der Waals surface area contributed by atoms with Crippen molar-refractivity contribution in [1.82, 2.24) is 20.7 Å². The van der Waals surface area contributed by atoms with Gasteiger partial charge in [0.25, 0.3) is 0 Å². The number of carbonyl (C=O) groups is 2. The molecule has 1 amide bonds. The Morgan fingerprint density at radius 3 is 2.50 bits per heavy atom. The van der Waals surface area contributed by atoms with Gasteiger partial charge in [0.1, 0.15) is 12.4 Å². The zero-order valence-electron chi connectivity index (χ0n) is 18.0. The van der Waals surface area contributed by atoms with E-state index in [9.17, 15) is 14.0 Å². The molecule has 8 heteroatoms. The van der Waals surface area contributed by atoms with Gasteiger partial charge in [0.05, 0.1) is 12.7 Å². The predicted octanol–water partition coefficient (Wildman–Crippen LogP) is 2.97. The monoisotopic (exact) mass is 440 g/mol. The van der Waals surface area contributed by atoms with E-state index in [2.05, 4.69) is 15.6 Å². The van der Waals surface area contributed by atoms with Gasteiger partial charge in [0.2, 0.25) is 0 Å². The Balaban J connectivity index is 1.16. The van der Waals surface area contributed by atoms with Crippen molar-refractivity contribution in [2.45, 2.75) is 18.9 Å². The summed E-state index contributed by atoms with van der Waals surface area (Å²) in [7, 11) is 0. The molecular formula is C24H29FN4O3. The van der Waals surface area contributed by atoms with E-state index >= 15 is 0 Å². The molecule has 0 aromatic heterocycles. The molecule has 2 aliphatic heterocycles. The van der Waals surface area contributed by atoms with Crippen molar-refractivity contribution in [2.24, 2.45) is 5.92 Å². The van der Waals surface area contributed by atoms with Crippen molar-refractivity contribution in [3.8, 4) is 0 Å². The summed E-state index contributed by atoms with van der Waals surface area (Å²) in [6.45, 7) is 3.79. The zero-order valence-corrected chi connectivity index (χ0v) is 18.0. The second-order valence-corrected chi connectivity index (χ2v) is 8.24. The highest BCUT2D eigenvalue weighted by atomic mass is 19.1. The van der Waals surface area contributed by atoms with Crippen LogP contribution in [0.2, 0.25) is 0 Å². The number of hydrazine groups is 1. The third kappa shape index (κ3) is 5.70. The average molecular weight is 441 g/mol. The molecule has 2 aliphatic rings. The van der Waals surface area contributed by atoms with Gasteiger partial charge in [-0.2, -0.15) is 5.01 Å². The lowest BCUT2D eigenvalue weighted by molar-refractivity contribution is 0.0753. The van der Waals surface area contributed by atoms with Crippen LogP contribution in [0.5, 0.6) is 0 Å². The molecule has 2 aromatic rings. The van der Waals surface area contributed by atoms with E-state index in [0.717, 1.165) is 38.0 Å². The van der Waals surface area contributed by atoms with Crippen LogP contribution in [0.15, 0.2) is 54.6 Å². The SMILES string of the molecule is O=C(NN1CNCC1c1ccccc1)OCCN1CCC(C(=O)c2ccc(F)cc2)CC1. The maximum atomic E-state index is 13.1. The van der Waals surface area contributed by atoms with Gasteiger partial charge in [-0.25, -0.2) is 9.18 Å². The first kappa shape index (κ1) is 22.4. The number of halogens is 1. The van der Waals surface area contributed by atoms with Gasteiger partial charge in [-0.1, -0.05) is 30.3 Å². The normalized spacial score (nSPS) is 20.2. The third-order valence-electron chi connectivity index (χ3n) is 6.14. The van der Waals surface area contributed by atoms with Crippen molar-refractivity contribution in [3.63, 3.8) is 0 Å². The summed E-state index contributed by atoms with van der Waals surface area (Å²) in [5.74, 6) is -0.303. The van der Waals surface area contributed by atoms with E-state index in [1.165, 1.54) is 12.1 Å². The molecular weight excluding hydrogens is 411 g/mol. The number of nitrogens with one attached hydrogen (secondary N) is 2. The molecule has 2 N–H and O–H groups in total. The van der Waals surface area contributed by atoms with Crippen LogP contribution >= 0.6 is 0 Å². The lowest BCUT2D eigenvalue weighted by atomic mass is 9.89. The fourth-order valence-corrected chi connectivity index (χ4v) is 4.32. The number of piperidine rings is 1. The van der Waals surface area contributed by atoms with Crippen molar-refractivity contribution >= 4 is 11.9 Å². The minimum Gasteiger partial charge on any atom is -0.447 e. The van der Waals surface area contributed by atoms with E-state index in [0.29, 0.717) is 25.4 Å². The van der Waals surface area contributed by atoms with Gasteiger partial charge >= 0.3 is 6.09 Å². The summed E-state index contributed by atoms with van der Waals surface area (Å²) >= 11 is 0. The van der Waals surface area contributed by atoms with E-state index in [1.54, 1.807) is 12.1 Å². The number of hydrogen-bond acceptors (Lipinski definition) is 6. The van der Waals surface area contributed by atoms with Crippen molar-refractivity contribution in [3.05, 3.63) is 71.5 Å². The molecule has 4 rings (SSSR count). The Hall–Kier alpha value is -2.81. The summed E-state index contributed by atoms with van der Waals surface area (Å²) in [6.07, 6.45) is 1.04. The average Bonchev–Trinajstić information content (AvgIpc) is 3.28. The topological polar surface area (TPSA) is 73.9 Å². The number of rotatable bonds is 7. The lowest BCUT2D eigenvalue weighted by Crippen LogP contribution is -2.44. The molecule has 2 saturated heterocycles. The van der Waals surface area contributed by atoms with Gasteiger partial charge in [-0.05, 0) is 55.8 Å². The number of amides is 1. The molecule has 7 nitrogen and oxygen atoms in total. The van der Waals surface area contributed by atoms with Crippen molar-refractivity contribution in [2.75, 3.05) is 39.5 Å². The highest BCUT2D eigenvalue weighted by Crippen LogP contribution is 2.22. The third-order valence-corrected chi connectivity index (χ3v) is 6.14. The number of likely N-dealkylation sites (tertiary alicyclic amines) is 1. The van der Waals surface area contributed by atoms with E-state index < -0.39 is 6.09 Å². The smallest absolute Gasteiger partial charge is 0.421 e.